The lowest BCUT2D eigenvalue weighted by Crippen LogP contribution is -2.39. The molecule has 4 rings (SSSR count). The zero-order valence-corrected chi connectivity index (χ0v) is 17.7. The van der Waals surface area contributed by atoms with Crippen molar-refractivity contribution in [2.75, 3.05) is 30.5 Å². The summed E-state index contributed by atoms with van der Waals surface area (Å²) in [5.74, 6) is 0.364. The van der Waals surface area contributed by atoms with Gasteiger partial charge in [0.1, 0.15) is 9.84 Å². The lowest BCUT2D eigenvalue weighted by Gasteiger charge is -2.33. The molecule has 3 aromatic rings. The van der Waals surface area contributed by atoms with Crippen LogP contribution in [0.25, 0.3) is 16.7 Å². The molecule has 0 saturated carbocycles. The molecule has 1 fully saturated rings. The van der Waals surface area contributed by atoms with Crippen molar-refractivity contribution in [1.82, 2.24) is 19.7 Å². The molecule has 1 aliphatic heterocycles. The number of rotatable bonds is 4. The zero-order valence-electron chi connectivity index (χ0n) is 16.1. The summed E-state index contributed by atoms with van der Waals surface area (Å²) in [6.07, 6.45) is 6.65. The van der Waals surface area contributed by atoms with E-state index in [1.54, 1.807) is 16.9 Å². The minimum absolute atomic E-state index is 0.252. The van der Waals surface area contributed by atoms with Crippen LogP contribution in [0.1, 0.15) is 12.8 Å². The summed E-state index contributed by atoms with van der Waals surface area (Å²) in [4.78, 5) is 10.1. The standard InChI is InChI=1S/C18H21N5O4S2/c1-28(24,25)13-7-10-22(11-8-13)15-4-3-5-16-14(15)12-20-23(16)17-6-9-19-18(21-17)29(2,26)27/h3-6,9,12-13H,7-8,10-11H2,1-2H3. The summed E-state index contributed by atoms with van der Waals surface area (Å²) < 4.78 is 48.8. The lowest BCUT2D eigenvalue weighted by atomic mass is 10.1. The number of sulfone groups is 2. The highest BCUT2D eigenvalue weighted by molar-refractivity contribution is 7.91. The number of aromatic nitrogens is 4. The topological polar surface area (TPSA) is 115 Å². The summed E-state index contributed by atoms with van der Waals surface area (Å²) in [5.41, 5.74) is 1.75. The lowest BCUT2D eigenvalue weighted by molar-refractivity contribution is 0.534. The number of hydrogen-bond acceptors (Lipinski definition) is 8. The van der Waals surface area contributed by atoms with Crippen LogP contribution in [0.5, 0.6) is 0 Å². The van der Waals surface area contributed by atoms with Gasteiger partial charge < -0.3 is 4.90 Å². The fraction of sp³-hybridized carbons (Fsp3) is 0.389. The molecule has 0 amide bonds. The highest BCUT2D eigenvalue weighted by atomic mass is 32.2. The van der Waals surface area contributed by atoms with Gasteiger partial charge in [-0.05, 0) is 25.0 Å². The van der Waals surface area contributed by atoms with Crippen molar-refractivity contribution >= 4 is 36.3 Å². The predicted molar refractivity (Wildman–Crippen MR) is 110 cm³/mol. The van der Waals surface area contributed by atoms with E-state index in [1.807, 2.05) is 18.2 Å². The Labute approximate surface area is 169 Å². The van der Waals surface area contributed by atoms with Gasteiger partial charge >= 0.3 is 0 Å². The summed E-state index contributed by atoms with van der Waals surface area (Å²) in [6, 6.07) is 7.37. The fourth-order valence-corrected chi connectivity index (χ4v) is 5.23. The molecule has 0 aliphatic carbocycles. The van der Waals surface area contributed by atoms with Crippen molar-refractivity contribution in [3.8, 4) is 5.82 Å². The van der Waals surface area contributed by atoms with Crippen LogP contribution in [0, 0.1) is 0 Å². The Balaban J connectivity index is 1.70. The number of fused-ring (bicyclic) bond motifs is 1. The Morgan fingerprint density at radius 1 is 1.03 bits per heavy atom. The molecule has 0 atom stereocenters. The molecule has 3 heterocycles. The largest absolute Gasteiger partial charge is 0.371 e. The van der Waals surface area contributed by atoms with Crippen LogP contribution in [0.15, 0.2) is 41.8 Å². The number of anilines is 1. The average Bonchev–Trinajstić information content (AvgIpc) is 3.11. The summed E-state index contributed by atoms with van der Waals surface area (Å²) in [7, 11) is -6.56. The summed E-state index contributed by atoms with van der Waals surface area (Å²) >= 11 is 0. The van der Waals surface area contributed by atoms with Gasteiger partial charge in [0.2, 0.25) is 15.0 Å². The minimum Gasteiger partial charge on any atom is -0.371 e. The van der Waals surface area contributed by atoms with Gasteiger partial charge in [-0.1, -0.05) is 6.07 Å². The van der Waals surface area contributed by atoms with E-state index in [2.05, 4.69) is 20.0 Å². The Bertz CT molecular complexity index is 1280. The maximum Gasteiger partial charge on any atom is 0.248 e. The maximum atomic E-state index is 11.8. The molecule has 0 radical (unpaired) electrons. The van der Waals surface area contributed by atoms with Crippen molar-refractivity contribution in [1.29, 1.82) is 0 Å². The molecule has 9 nitrogen and oxygen atoms in total. The smallest absolute Gasteiger partial charge is 0.248 e. The molecular weight excluding hydrogens is 414 g/mol. The quantitative estimate of drug-likeness (QED) is 0.562. The molecule has 2 aromatic heterocycles. The van der Waals surface area contributed by atoms with E-state index in [4.69, 9.17) is 0 Å². The van der Waals surface area contributed by atoms with E-state index in [9.17, 15) is 16.8 Å². The van der Waals surface area contributed by atoms with Gasteiger partial charge in [-0.25, -0.2) is 26.5 Å². The number of piperidine rings is 1. The van der Waals surface area contributed by atoms with Crippen molar-refractivity contribution in [2.45, 2.75) is 23.2 Å². The number of hydrogen-bond donors (Lipinski definition) is 0. The van der Waals surface area contributed by atoms with Gasteiger partial charge in [0, 0.05) is 48.9 Å². The second-order valence-electron chi connectivity index (χ2n) is 7.25. The Hall–Kier alpha value is -2.53. The first-order valence-corrected chi connectivity index (χ1v) is 12.9. The van der Waals surface area contributed by atoms with E-state index < -0.39 is 19.7 Å². The first kappa shape index (κ1) is 19.8. The SMILES string of the molecule is CS(=O)(=O)c1nccc(-n2ncc3c(N4CCC(S(C)(=O)=O)CC4)cccc32)n1. The van der Waals surface area contributed by atoms with E-state index in [-0.39, 0.29) is 10.4 Å². The second-order valence-corrected chi connectivity index (χ2v) is 11.5. The highest BCUT2D eigenvalue weighted by Gasteiger charge is 2.27. The van der Waals surface area contributed by atoms with Crippen molar-refractivity contribution in [2.24, 2.45) is 0 Å². The molecular formula is C18H21N5O4S2. The molecule has 154 valence electrons. The molecule has 1 saturated heterocycles. The number of benzene rings is 1. The van der Waals surface area contributed by atoms with E-state index in [0.29, 0.717) is 31.7 Å². The van der Waals surface area contributed by atoms with Gasteiger partial charge in [-0.2, -0.15) is 10.1 Å². The van der Waals surface area contributed by atoms with Crippen LogP contribution in [-0.4, -0.2) is 67.4 Å². The molecule has 0 N–H and O–H groups in total. The van der Waals surface area contributed by atoms with Crippen LogP contribution in [0.3, 0.4) is 0 Å². The third-order valence-electron chi connectivity index (χ3n) is 5.15. The second kappa shape index (κ2) is 7.06. The van der Waals surface area contributed by atoms with E-state index in [0.717, 1.165) is 22.8 Å². The van der Waals surface area contributed by atoms with Crippen LogP contribution in [-0.2, 0) is 19.7 Å². The molecule has 29 heavy (non-hydrogen) atoms. The van der Waals surface area contributed by atoms with Crippen LogP contribution in [0.4, 0.5) is 5.69 Å². The molecule has 0 unspecified atom stereocenters. The Morgan fingerprint density at radius 2 is 1.76 bits per heavy atom. The zero-order chi connectivity index (χ0) is 20.8. The minimum atomic E-state index is -3.53. The highest BCUT2D eigenvalue weighted by Crippen LogP contribution is 2.31. The third-order valence-corrected chi connectivity index (χ3v) is 7.69. The Kier molecular flexibility index (Phi) is 4.82. The fourth-order valence-electron chi connectivity index (χ4n) is 3.65. The van der Waals surface area contributed by atoms with Crippen LogP contribution in [0.2, 0.25) is 0 Å². The molecule has 1 aromatic carbocycles. The maximum absolute atomic E-state index is 11.8. The van der Waals surface area contributed by atoms with Gasteiger partial charge in [-0.15, -0.1) is 0 Å². The first-order valence-electron chi connectivity index (χ1n) is 9.08. The number of nitrogens with zero attached hydrogens (tertiary/aromatic N) is 5. The molecule has 0 bridgehead atoms. The molecule has 11 heteroatoms. The normalized spacial score (nSPS) is 16.4. The van der Waals surface area contributed by atoms with Crippen molar-refractivity contribution in [3.05, 3.63) is 36.7 Å². The van der Waals surface area contributed by atoms with Crippen LogP contribution >= 0.6 is 0 Å². The third kappa shape index (κ3) is 3.84. The van der Waals surface area contributed by atoms with E-state index >= 15 is 0 Å². The average molecular weight is 436 g/mol. The van der Waals surface area contributed by atoms with Gasteiger partial charge in [0.15, 0.2) is 5.82 Å². The predicted octanol–water partition coefficient (Wildman–Crippen LogP) is 1.23. The van der Waals surface area contributed by atoms with Crippen molar-refractivity contribution < 1.29 is 16.8 Å². The van der Waals surface area contributed by atoms with Gasteiger partial charge in [-0.3, -0.25) is 0 Å². The molecule has 0 spiro atoms. The summed E-state index contributed by atoms with van der Waals surface area (Å²) in [5, 5.41) is 4.75. The van der Waals surface area contributed by atoms with Gasteiger partial charge in [0.05, 0.1) is 17.0 Å². The monoisotopic (exact) mass is 435 g/mol. The van der Waals surface area contributed by atoms with Crippen LogP contribution < -0.4 is 4.90 Å². The summed E-state index contributed by atoms with van der Waals surface area (Å²) in [6.45, 7) is 1.29. The first-order chi connectivity index (χ1) is 13.6. The Morgan fingerprint density at radius 3 is 2.41 bits per heavy atom. The molecule has 1 aliphatic rings. The van der Waals surface area contributed by atoms with Gasteiger partial charge in [0.25, 0.3) is 0 Å². The van der Waals surface area contributed by atoms with E-state index in [1.165, 1.54) is 12.5 Å². The van der Waals surface area contributed by atoms with Crippen molar-refractivity contribution in [3.63, 3.8) is 0 Å².